The number of aryl methyl sites for hydroxylation is 1. The summed E-state index contributed by atoms with van der Waals surface area (Å²) in [6, 6.07) is 12.4. The molecule has 1 aromatic heterocycles. The van der Waals surface area contributed by atoms with Crippen LogP contribution in [0.25, 0.3) is 11.0 Å². The van der Waals surface area contributed by atoms with Gasteiger partial charge in [-0.25, -0.2) is 9.78 Å². The minimum atomic E-state index is -0.671. The van der Waals surface area contributed by atoms with E-state index in [1.165, 1.54) is 0 Å². The first-order valence-corrected chi connectivity index (χ1v) is 13.2. The quantitative estimate of drug-likeness (QED) is 0.263. The van der Waals surface area contributed by atoms with Crippen LogP contribution >= 0.6 is 12.4 Å². The molecule has 3 N–H and O–H groups in total. The number of fused-ring (bicyclic) bond motifs is 1. The second-order valence-corrected chi connectivity index (χ2v) is 10.3. The fourth-order valence-electron chi connectivity index (χ4n) is 5.49. The van der Waals surface area contributed by atoms with Crippen LogP contribution in [0.5, 0.6) is 0 Å². The molecule has 2 fully saturated rings. The summed E-state index contributed by atoms with van der Waals surface area (Å²) in [6.07, 6.45) is 4.15. The van der Waals surface area contributed by atoms with Crippen LogP contribution in [-0.4, -0.2) is 51.4 Å². The van der Waals surface area contributed by atoms with Gasteiger partial charge in [0.2, 0.25) is 5.91 Å². The van der Waals surface area contributed by atoms with Gasteiger partial charge in [-0.15, -0.1) is 12.4 Å². The molecule has 1 aliphatic carbocycles. The number of nitrogens with one attached hydrogen (secondary N) is 1. The van der Waals surface area contributed by atoms with E-state index in [0.717, 1.165) is 24.0 Å². The summed E-state index contributed by atoms with van der Waals surface area (Å²) in [7, 11) is 1.73. The second-order valence-electron chi connectivity index (χ2n) is 10.3. The molecule has 3 aromatic rings. The maximum atomic E-state index is 13.9. The van der Waals surface area contributed by atoms with E-state index in [2.05, 4.69) is 0 Å². The van der Waals surface area contributed by atoms with Gasteiger partial charge in [0.1, 0.15) is 17.6 Å². The highest BCUT2D eigenvalue weighted by molar-refractivity contribution is 5.96. The Hall–Kier alpha value is -3.72. The molecule has 1 saturated heterocycles. The maximum absolute atomic E-state index is 13.9. The number of amides is 1. The third kappa shape index (κ3) is 5.28. The molecule has 5 rings (SSSR count). The minimum Gasteiger partial charge on any atom is -0.464 e. The summed E-state index contributed by atoms with van der Waals surface area (Å²) >= 11 is 0. The zero-order valence-electron chi connectivity index (χ0n) is 22.2. The van der Waals surface area contributed by atoms with Crippen LogP contribution in [0.15, 0.2) is 47.3 Å². The molecule has 206 valence electrons. The number of rotatable bonds is 7. The molecule has 1 unspecified atom stereocenters. The Morgan fingerprint density at radius 2 is 1.87 bits per heavy atom. The Bertz CT molecular complexity index is 1480. The van der Waals surface area contributed by atoms with Crippen LogP contribution in [0.2, 0.25) is 0 Å². The summed E-state index contributed by atoms with van der Waals surface area (Å²) in [5.74, 6) is -0.358. The van der Waals surface area contributed by atoms with E-state index in [1.807, 2.05) is 30.3 Å². The molecule has 0 spiro atoms. The van der Waals surface area contributed by atoms with Crippen LogP contribution in [0.4, 0.5) is 0 Å². The number of nitrogens with two attached hydrogens (primary N) is 1. The fourth-order valence-corrected chi connectivity index (χ4v) is 5.49. The van der Waals surface area contributed by atoms with Gasteiger partial charge >= 0.3 is 5.97 Å². The first-order chi connectivity index (χ1) is 18.2. The number of halogens is 1. The van der Waals surface area contributed by atoms with Gasteiger partial charge in [-0.2, -0.15) is 0 Å². The van der Waals surface area contributed by atoms with E-state index in [4.69, 9.17) is 20.9 Å². The van der Waals surface area contributed by atoms with Gasteiger partial charge in [-0.05, 0) is 62.3 Å². The average molecular weight is 552 g/mol. The van der Waals surface area contributed by atoms with Gasteiger partial charge in [0.05, 0.1) is 23.1 Å². The Kier molecular flexibility index (Phi) is 8.11. The molecule has 0 bridgehead atoms. The minimum absolute atomic E-state index is 0. The summed E-state index contributed by atoms with van der Waals surface area (Å²) < 4.78 is 6.86. The number of amidine groups is 1. The Morgan fingerprint density at radius 1 is 1.15 bits per heavy atom. The smallest absolute Gasteiger partial charge is 0.328 e. The molecule has 1 atom stereocenters. The van der Waals surface area contributed by atoms with E-state index in [1.54, 1.807) is 35.6 Å². The number of hydrogen-bond acceptors (Lipinski definition) is 6. The fraction of sp³-hybridized carbons (Fsp3) is 0.414. The largest absolute Gasteiger partial charge is 0.464 e. The van der Waals surface area contributed by atoms with E-state index >= 15 is 0 Å². The summed E-state index contributed by atoms with van der Waals surface area (Å²) in [5.41, 5.74) is 8.83. The monoisotopic (exact) mass is 551 g/mol. The lowest BCUT2D eigenvalue weighted by Gasteiger charge is -2.36. The maximum Gasteiger partial charge on any atom is 0.328 e. The normalized spacial score (nSPS) is 17.8. The van der Waals surface area contributed by atoms with Crippen molar-refractivity contribution < 1.29 is 14.3 Å². The van der Waals surface area contributed by atoms with Gasteiger partial charge in [0, 0.05) is 25.6 Å². The van der Waals surface area contributed by atoms with Crippen LogP contribution in [0, 0.1) is 5.41 Å². The number of ether oxygens (including phenoxy) is 1. The molecule has 10 heteroatoms. The molecule has 2 heterocycles. The van der Waals surface area contributed by atoms with Crippen LogP contribution in [0.1, 0.15) is 61.4 Å². The number of nitrogen functional groups attached to an aromatic ring is 1. The predicted octanol–water partition coefficient (Wildman–Crippen LogP) is 3.21. The molecule has 39 heavy (non-hydrogen) atoms. The summed E-state index contributed by atoms with van der Waals surface area (Å²) in [5, 5.41) is 7.56. The van der Waals surface area contributed by atoms with Crippen molar-refractivity contribution in [3.05, 3.63) is 75.2 Å². The molecule has 2 aromatic carbocycles. The van der Waals surface area contributed by atoms with Crippen molar-refractivity contribution in [2.45, 2.75) is 56.9 Å². The van der Waals surface area contributed by atoms with Crippen LogP contribution in [0.3, 0.4) is 0 Å². The van der Waals surface area contributed by atoms with Crippen molar-refractivity contribution in [3.8, 4) is 0 Å². The van der Waals surface area contributed by atoms with Gasteiger partial charge in [-0.3, -0.25) is 15.0 Å². The summed E-state index contributed by atoms with van der Waals surface area (Å²) in [6.45, 7) is 2.62. The first kappa shape index (κ1) is 28.3. The van der Waals surface area contributed by atoms with Crippen molar-refractivity contribution in [1.82, 2.24) is 14.5 Å². The average Bonchev–Trinajstić information content (AvgIpc) is 3.73. The highest BCUT2D eigenvalue weighted by atomic mass is 35.5. The number of carbonyl (C=O) groups excluding carboxylic acids is 2. The SMILES string of the molecule is CCOC(=O)C1CCCCN1C(=O)C1(c2ccc3c(c2)nc(Cc2ccc(C(=N)N)cc2)c(=O)n3C)CC1.Cl. The van der Waals surface area contributed by atoms with E-state index < -0.39 is 11.5 Å². The van der Waals surface area contributed by atoms with E-state index in [9.17, 15) is 14.4 Å². The molecule has 1 amide bonds. The zero-order valence-corrected chi connectivity index (χ0v) is 23.1. The number of piperidine rings is 1. The molecule has 1 aliphatic heterocycles. The van der Waals surface area contributed by atoms with Gasteiger partial charge < -0.3 is 19.9 Å². The van der Waals surface area contributed by atoms with Crippen LogP contribution in [-0.2, 0) is 33.2 Å². The lowest BCUT2D eigenvalue weighted by atomic mass is 9.91. The van der Waals surface area contributed by atoms with Gasteiger partial charge in [-0.1, -0.05) is 30.3 Å². The zero-order chi connectivity index (χ0) is 27.0. The number of esters is 1. The van der Waals surface area contributed by atoms with E-state index in [-0.39, 0.29) is 35.7 Å². The number of carbonyl (C=O) groups is 2. The second kappa shape index (κ2) is 11.2. The number of aromatic nitrogens is 2. The van der Waals surface area contributed by atoms with Crippen molar-refractivity contribution >= 4 is 41.2 Å². The third-order valence-corrected chi connectivity index (χ3v) is 7.81. The molecule has 1 saturated carbocycles. The molecular formula is C29H34ClN5O4. The first-order valence-electron chi connectivity index (χ1n) is 13.2. The Labute approximate surface area is 233 Å². The lowest BCUT2D eigenvalue weighted by Crippen LogP contribution is -2.52. The molecule has 9 nitrogen and oxygen atoms in total. The molecular weight excluding hydrogens is 518 g/mol. The Balaban J connectivity index is 0.00000353. The topological polar surface area (TPSA) is 131 Å². The van der Waals surface area contributed by atoms with E-state index in [0.29, 0.717) is 61.1 Å². The van der Waals surface area contributed by atoms with Crippen molar-refractivity contribution in [3.63, 3.8) is 0 Å². The highest BCUT2D eigenvalue weighted by Crippen LogP contribution is 2.50. The van der Waals surface area contributed by atoms with Crippen molar-refractivity contribution in [2.75, 3.05) is 13.2 Å². The number of nitrogens with zero attached hydrogens (tertiary/aromatic N) is 3. The highest BCUT2D eigenvalue weighted by Gasteiger charge is 2.55. The van der Waals surface area contributed by atoms with Gasteiger partial charge in [0.15, 0.2) is 0 Å². The third-order valence-electron chi connectivity index (χ3n) is 7.81. The molecule has 2 aliphatic rings. The standard InChI is InChI=1S/C29H33N5O4.ClH/c1-3-38-27(36)24-6-4-5-15-34(24)28(37)29(13-14-29)20-11-12-23-21(17-20)32-22(26(35)33(23)2)16-18-7-9-19(10-8-18)25(30)31;/h7-12,17,24H,3-6,13-16H2,1-2H3,(H3,30,31);1H. The molecule has 0 radical (unpaired) electrons. The predicted molar refractivity (Wildman–Crippen MR) is 151 cm³/mol. The van der Waals surface area contributed by atoms with Crippen molar-refractivity contribution in [1.29, 1.82) is 5.41 Å². The number of benzene rings is 2. The number of likely N-dealkylation sites (tertiary alicyclic amines) is 1. The number of hydrogen-bond donors (Lipinski definition) is 2. The Morgan fingerprint density at radius 3 is 2.51 bits per heavy atom. The van der Waals surface area contributed by atoms with Crippen LogP contribution < -0.4 is 11.3 Å². The summed E-state index contributed by atoms with van der Waals surface area (Å²) in [4.78, 5) is 46.0. The van der Waals surface area contributed by atoms with Crippen molar-refractivity contribution in [2.24, 2.45) is 12.8 Å². The lowest BCUT2D eigenvalue weighted by molar-refractivity contribution is -0.157. The van der Waals surface area contributed by atoms with Gasteiger partial charge in [0.25, 0.3) is 5.56 Å².